The highest BCUT2D eigenvalue weighted by Crippen LogP contribution is 2.20. The number of hydrogen-bond acceptors (Lipinski definition) is 2. The van der Waals surface area contributed by atoms with Gasteiger partial charge < -0.3 is 5.11 Å². The van der Waals surface area contributed by atoms with Gasteiger partial charge in [-0.1, -0.05) is 6.92 Å². The molecule has 3 nitrogen and oxygen atoms in total. The lowest BCUT2D eigenvalue weighted by molar-refractivity contribution is 0.0696. The Bertz CT molecular complexity index is 443. The molecule has 0 spiro atoms. The Labute approximate surface area is 107 Å². The van der Waals surface area contributed by atoms with Crippen molar-refractivity contribution in [2.45, 2.75) is 39.3 Å². The molecule has 0 aliphatic carbocycles. The Morgan fingerprint density at radius 2 is 2.00 bits per heavy atom. The van der Waals surface area contributed by atoms with Crippen LogP contribution in [0.1, 0.15) is 43.1 Å². The summed E-state index contributed by atoms with van der Waals surface area (Å²) in [5.74, 6) is -1.61. The van der Waals surface area contributed by atoms with Crippen LogP contribution in [0, 0.1) is 5.82 Å². The average molecular weight is 253 g/mol. The first-order chi connectivity index (χ1) is 8.26. The van der Waals surface area contributed by atoms with Crippen molar-refractivity contribution in [3.8, 4) is 0 Å². The van der Waals surface area contributed by atoms with Gasteiger partial charge in [0.1, 0.15) is 5.82 Å². The summed E-state index contributed by atoms with van der Waals surface area (Å²) in [4.78, 5) is 13.0. The van der Waals surface area contributed by atoms with E-state index in [1.54, 1.807) is 0 Å². The molecule has 0 saturated carbocycles. The molecule has 1 rings (SSSR count). The number of halogens is 1. The summed E-state index contributed by atoms with van der Waals surface area (Å²) in [7, 11) is 1.95. The first-order valence-electron chi connectivity index (χ1n) is 6.00. The number of carbonyl (C=O) groups is 1. The number of benzene rings is 1. The largest absolute Gasteiger partial charge is 0.478 e. The van der Waals surface area contributed by atoms with Crippen molar-refractivity contribution in [1.29, 1.82) is 0 Å². The molecule has 0 atom stereocenters. The summed E-state index contributed by atoms with van der Waals surface area (Å²) in [5, 5.41) is 8.89. The Balaban J connectivity index is 2.94. The zero-order valence-electron chi connectivity index (χ0n) is 11.3. The van der Waals surface area contributed by atoms with Crippen LogP contribution in [0.4, 0.5) is 4.39 Å². The standard InChI is InChI=1S/C14H20FNO2/c1-5-14(2,3)16(4)9-10-6-11(13(17)18)8-12(15)7-10/h6-8H,5,9H2,1-4H3,(H,17,18). The van der Waals surface area contributed by atoms with Gasteiger partial charge in [-0.2, -0.15) is 0 Å². The van der Waals surface area contributed by atoms with Crippen molar-refractivity contribution >= 4 is 5.97 Å². The topological polar surface area (TPSA) is 40.5 Å². The van der Waals surface area contributed by atoms with Gasteiger partial charge in [0, 0.05) is 12.1 Å². The van der Waals surface area contributed by atoms with E-state index >= 15 is 0 Å². The molecule has 1 N–H and O–H groups in total. The van der Waals surface area contributed by atoms with Crippen LogP contribution < -0.4 is 0 Å². The van der Waals surface area contributed by atoms with Crippen LogP contribution in [0.2, 0.25) is 0 Å². The minimum atomic E-state index is -1.10. The molecular formula is C14H20FNO2. The monoisotopic (exact) mass is 253 g/mol. The third-order valence-electron chi connectivity index (χ3n) is 3.52. The summed E-state index contributed by atoms with van der Waals surface area (Å²) in [6, 6.07) is 3.94. The fraction of sp³-hybridized carbons (Fsp3) is 0.500. The fourth-order valence-corrected chi connectivity index (χ4v) is 1.62. The second-order valence-corrected chi connectivity index (χ2v) is 5.18. The van der Waals surface area contributed by atoms with Crippen LogP contribution in [-0.4, -0.2) is 28.6 Å². The third-order valence-corrected chi connectivity index (χ3v) is 3.52. The number of nitrogens with zero attached hydrogens (tertiary/aromatic N) is 1. The van der Waals surface area contributed by atoms with Crippen molar-refractivity contribution in [2.75, 3.05) is 7.05 Å². The Kier molecular flexibility index (Phi) is 4.46. The molecule has 0 heterocycles. The van der Waals surface area contributed by atoms with E-state index in [1.807, 2.05) is 7.05 Å². The Morgan fingerprint density at radius 3 is 2.50 bits per heavy atom. The van der Waals surface area contributed by atoms with Crippen LogP contribution in [0.15, 0.2) is 18.2 Å². The predicted octanol–water partition coefficient (Wildman–Crippen LogP) is 3.14. The number of aromatic carboxylic acids is 1. The van der Waals surface area contributed by atoms with Crippen molar-refractivity contribution in [1.82, 2.24) is 4.90 Å². The molecule has 0 fully saturated rings. The number of hydrogen-bond donors (Lipinski definition) is 1. The van der Waals surface area contributed by atoms with Gasteiger partial charge in [0.05, 0.1) is 5.56 Å². The summed E-state index contributed by atoms with van der Waals surface area (Å²) < 4.78 is 13.3. The number of carboxylic acid groups (broad SMARTS) is 1. The lowest BCUT2D eigenvalue weighted by Crippen LogP contribution is -2.39. The van der Waals surface area contributed by atoms with Crippen molar-refractivity contribution in [3.63, 3.8) is 0 Å². The highest BCUT2D eigenvalue weighted by Gasteiger charge is 2.21. The quantitative estimate of drug-likeness (QED) is 0.876. The van der Waals surface area contributed by atoms with Crippen molar-refractivity contribution in [3.05, 3.63) is 35.1 Å². The number of carboxylic acids is 1. The highest BCUT2D eigenvalue weighted by atomic mass is 19.1. The van der Waals surface area contributed by atoms with E-state index in [-0.39, 0.29) is 11.1 Å². The normalized spacial score (nSPS) is 11.9. The van der Waals surface area contributed by atoms with Crippen LogP contribution in [0.5, 0.6) is 0 Å². The predicted molar refractivity (Wildman–Crippen MR) is 69.2 cm³/mol. The molecular weight excluding hydrogens is 233 g/mol. The van der Waals surface area contributed by atoms with Crippen LogP contribution in [0.3, 0.4) is 0 Å². The molecule has 0 radical (unpaired) electrons. The SMILES string of the molecule is CCC(C)(C)N(C)Cc1cc(F)cc(C(=O)O)c1. The molecule has 1 aromatic rings. The summed E-state index contributed by atoms with van der Waals surface area (Å²) in [6.07, 6.45) is 0.963. The lowest BCUT2D eigenvalue weighted by Gasteiger charge is -2.34. The maximum absolute atomic E-state index is 13.3. The average Bonchev–Trinajstić information content (AvgIpc) is 2.28. The molecule has 0 aromatic heterocycles. The molecule has 1 aromatic carbocycles. The van der Waals surface area contributed by atoms with E-state index < -0.39 is 11.8 Å². The minimum Gasteiger partial charge on any atom is -0.478 e. The van der Waals surface area contributed by atoms with E-state index in [1.165, 1.54) is 12.1 Å². The molecule has 0 amide bonds. The van der Waals surface area contributed by atoms with Gasteiger partial charge in [0.25, 0.3) is 0 Å². The first-order valence-corrected chi connectivity index (χ1v) is 6.00. The molecule has 0 saturated heterocycles. The van der Waals surface area contributed by atoms with E-state index in [0.29, 0.717) is 12.1 Å². The van der Waals surface area contributed by atoms with Gasteiger partial charge in [-0.05, 0) is 51.1 Å². The van der Waals surface area contributed by atoms with E-state index in [2.05, 4.69) is 25.7 Å². The van der Waals surface area contributed by atoms with Crippen LogP contribution >= 0.6 is 0 Å². The van der Waals surface area contributed by atoms with Gasteiger partial charge in [-0.15, -0.1) is 0 Å². The second kappa shape index (κ2) is 5.48. The molecule has 0 bridgehead atoms. The second-order valence-electron chi connectivity index (χ2n) is 5.18. The zero-order chi connectivity index (χ0) is 13.9. The zero-order valence-corrected chi connectivity index (χ0v) is 11.3. The molecule has 4 heteroatoms. The fourth-order valence-electron chi connectivity index (χ4n) is 1.62. The van der Waals surface area contributed by atoms with Crippen molar-refractivity contribution < 1.29 is 14.3 Å². The van der Waals surface area contributed by atoms with Gasteiger partial charge >= 0.3 is 5.97 Å². The molecule has 0 unspecified atom stereocenters. The Hall–Kier alpha value is -1.42. The van der Waals surface area contributed by atoms with E-state index in [9.17, 15) is 9.18 Å². The molecule has 100 valence electrons. The summed E-state index contributed by atoms with van der Waals surface area (Å²) in [6.45, 7) is 6.82. The maximum atomic E-state index is 13.3. The van der Waals surface area contributed by atoms with E-state index in [0.717, 1.165) is 12.5 Å². The van der Waals surface area contributed by atoms with Crippen molar-refractivity contribution in [2.24, 2.45) is 0 Å². The van der Waals surface area contributed by atoms with E-state index in [4.69, 9.17) is 5.11 Å². The van der Waals surface area contributed by atoms with Gasteiger partial charge in [0.15, 0.2) is 0 Å². The molecule has 0 aliphatic rings. The maximum Gasteiger partial charge on any atom is 0.335 e. The highest BCUT2D eigenvalue weighted by molar-refractivity contribution is 5.87. The Morgan fingerprint density at radius 1 is 1.39 bits per heavy atom. The molecule has 0 aliphatic heterocycles. The van der Waals surface area contributed by atoms with Gasteiger partial charge in [-0.25, -0.2) is 9.18 Å². The summed E-state index contributed by atoms with van der Waals surface area (Å²) >= 11 is 0. The number of rotatable bonds is 5. The van der Waals surface area contributed by atoms with Crippen LogP contribution in [-0.2, 0) is 6.54 Å². The summed E-state index contributed by atoms with van der Waals surface area (Å²) in [5.41, 5.74) is 0.666. The molecule has 18 heavy (non-hydrogen) atoms. The third kappa shape index (κ3) is 3.53. The van der Waals surface area contributed by atoms with Crippen LogP contribution in [0.25, 0.3) is 0 Å². The lowest BCUT2D eigenvalue weighted by atomic mass is 9.99. The smallest absolute Gasteiger partial charge is 0.335 e. The first kappa shape index (κ1) is 14.6. The minimum absolute atomic E-state index is 0.00426. The van der Waals surface area contributed by atoms with Gasteiger partial charge in [-0.3, -0.25) is 4.90 Å². The van der Waals surface area contributed by atoms with Gasteiger partial charge in [0.2, 0.25) is 0 Å².